The molecular formula is AsGa2In2O3P. The molecule has 0 atom stereocenters. The van der Waals surface area contributed by atoms with Gasteiger partial charge in [-0.1, -0.05) is 0 Å². The van der Waals surface area contributed by atoms with E-state index in [9.17, 15) is 0 Å². The molecule has 0 aliphatic heterocycles. The molecule has 9 heteroatoms. The molecule has 0 N–H and O–H groups in total. The van der Waals surface area contributed by atoms with Crippen molar-refractivity contribution in [3.8, 4) is 0 Å². The summed E-state index contributed by atoms with van der Waals surface area (Å²) >= 11 is 0. The summed E-state index contributed by atoms with van der Waals surface area (Å²) in [7, 11) is -3.37. The Morgan fingerprint density at radius 3 is 0.778 bits per heavy atom. The summed E-state index contributed by atoms with van der Waals surface area (Å²) in [4.78, 5) is 25.4. The molecule has 0 aromatic carbocycles. The van der Waals surface area contributed by atoms with E-state index in [1.807, 2.05) is 0 Å². The molecule has 0 unspecified atom stereocenters. The fraction of sp³-hybridized carbons (Fsp3) is 0. The largest absolute Gasteiger partial charge is 3.00 e. The molecule has 0 aliphatic carbocycles. The van der Waals surface area contributed by atoms with Crippen LogP contribution in [0.25, 0.3) is 0 Å². The second-order valence-electron chi connectivity index (χ2n) is 0.224. The molecule has 0 aliphatic rings. The average molecular weight is 523 g/mol. The van der Waals surface area contributed by atoms with Gasteiger partial charge in [-0.3, -0.25) is 0 Å². The number of hydrogen-bond acceptors (Lipinski definition) is 3. The van der Waals surface area contributed by atoms with Crippen LogP contribution in [0.3, 0.4) is 0 Å². The third kappa shape index (κ3) is 77.0. The van der Waals surface area contributed by atoms with Gasteiger partial charge in [0.25, 0.3) is 0 Å². The smallest absolute Gasteiger partial charge is 3.00 e. The van der Waals surface area contributed by atoms with Gasteiger partial charge in [0.15, 0.2) is 0 Å². The third-order valence-corrected chi connectivity index (χ3v) is 0. The van der Waals surface area contributed by atoms with Gasteiger partial charge in [0.1, 0.15) is 0 Å². The topological polar surface area (TPSA) is 69.2 Å². The van der Waals surface area contributed by atoms with Gasteiger partial charge < -0.3 is 41.2 Å². The summed E-state index contributed by atoms with van der Waals surface area (Å²) in [6.45, 7) is 0. The van der Waals surface area contributed by atoms with Gasteiger partial charge in [0, 0.05) is 51.7 Å². The molecule has 0 saturated carbocycles. The third-order valence-electron chi connectivity index (χ3n) is 0. The Labute approximate surface area is 130 Å². The number of hydrogen-bond donors (Lipinski definition) is 0. The Morgan fingerprint density at radius 2 is 0.778 bits per heavy atom. The van der Waals surface area contributed by atoms with Crippen LogP contribution >= 0.6 is 8.60 Å². The molecule has 0 fully saturated rings. The van der Waals surface area contributed by atoms with E-state index in [1.165, 1.54) is 0 Å². The Hall–Kier alpha value is 3.88. The minimum Gasteiger partial charge on any atom is -3.00 e. The van der Waals surface area contributed by atoms with Gasteiger partial charge in [0.2, 0.25) is 0 Å². The Balaban J connectivity index is -0.00000000450. The summed E-state index contributed by atoms with van der Waals surface area (Å²) in [5.41, 5.74) is 0. The predicted molar refractivity (Wildman–Crippen MR) is 35.7 cm³/mol. The average Bonchev–Trinajstić information content (AvgIpc) is 0.811. The Kier molecular flexibility index (Phi) is 127. The first-order chi connectivity index (χ1) is 1.73. The Bertz CT molecular complexity index is 24.5. The summed E-state index contributed by atoms with van der Waals surface area (Å²) in [5.74, 6) is 0. The van der Waals surface area contributed by atoms with Crippen LogP contribution in [0.4, 0.5) is 0 Å². The maximum atomic E-state index is 8.48. The maximum absolute atomic E-state index is 8.48. The molecule has 0 bridgehead atoms. The van der Waals surface area contributed by atoms with Crippen LogP contribution in [-0.2, 0) is 0 Å². The second-order valence-corrected chi connectivity index (χ2v) is 0.671. The molecule has 0 aromatic heterocycles. The second kappa shape index (κ2) is 29.7. The molecule has 3 nitrogen and oxygen atoms in total. The van der Waals surface area contributed by atoms with Crippen LogP contribution in [-0.4, -0.2) is 109 Å². The normalized spacial score (nSPS) is 4.00. The van der Waals surface area contributed by atoms with Gasteiger partial charge in [-0.25, -0.2) is 0 Å². The minimum absolute atomic E-state index is 0. The fourth-order valence-corrected chi connectivity index (χ4v) is 0. The van der Waals surface area contributed by atoms with Crippen molar-refractivity contribution in [1.29, 1.82) is 0 Å². The van der Waals surface area contributed by atoms with E-state index in [4.69, 9.17) is 14.7 Å². The van der Waals surface area contributed by atoms with Gasteiger partial charge in [-0.05, 0) is 0 Å². The molecular weight excluding hydrogens is 523 g/mol. The van der Waals surface area contributed by atoms with E-state index in [1.54, 1.807) is 0 Å². The van der Waals surface area contributed by atoms with Crippen molar-refractivity contribution < 1.29 is 14.7 Å². The van der Waals surface area contributed by atoms with Gasteiger partial charge in [-0.2, -0.15) is 0 Å². The van der Waals surface area contributed by atoms with Crippen LogP contribution < -0.4 is 14.7 Å². The quantitative estimate of drug-likeness (QED) is 0.237. The maximum Gasteiger partial charge on any atom is 3.00 e. The summed E-state index contributed by atoms with van der Waals surface area (Å²) < 4.78 is 0. The van der Waals surface area contributed by atoms with Crippen LogP contribution in [0.15, 0.2) is 0 Å². The standard InChI is InChI=1S/As.2Ga.2In.O3P/c;;;;;1-4(2)3/q-3;2*+3;;;-3. The van der Waals surface area contributed by atoms with E-state index in [0.29, 0.717) is 0 Å². The number of rotatable bonds is 0. The Morgan fingerprint density at radius 1 is 0.778 bits per heavy atom. The van der Waals surface area contributed by atoms with E-state index in [2.05, 4.69) is 0 Å². The first-order valence-electron chi connectivity index (χ1n) is 0.548. The van der Waals surface area contributed by atoms with E-state index in [0.717, 1.165) is 0 Å². The molecule has 0 spiro atoms. The fourth-order valence-electron chi connectivity index (χ4n) is 0. The van der Waals surface area contributed by atoms with Crippen molar-refractivity contribution in [2.75, 3.05) is 0 Å². The van der Waals surface area contributed by atoms with E-state index in [-0.39, 0.29) is 109 Å². The zero-order chi connectivity index (χ0) is 3.58. The molecule has 0 rings (SSSR count). The molecule has 40 valence electrons. The monoisotopic (exact) mass is 522 g/mol. The van der Waals surface area contributed by atoms with Crippen LogP contribution in [0.5, 0.6) is 0 Å². The van der Waals surface area contributed by atoms with E-state index < -0.39 is 8.60 Å². The molecule has 0 heterocycles. The van der Waals surface area contributed by atoms with Crippen molar-refractivity contribution in [2.24, 2.45) is 0 Å². The van der Waals surface area contributed by atoms with Crippen molar-refractivity contribution >= 4 is 118 Å². The van der Waals surface area contributed by atoms with Crippen molar-refractivity contribution in [2.45, 2.75) is 0 Å². The summed E-state index contributed by atoms with van der Waals surface area (Å²) in [6.07, 6.45) is 0. The zero-order valence-corrected chi connectivity index (χ0v) is 18.6. The summed E-state index contributed by atoms with van der Waals surface area (Å²) in [5, 5.41) is 0. The first-order valence-corrected chi connectivity index (χ1v) is 1.64. The predicted octanol–water partition coefficient (Wildman–Crippen LogP) is -4.61. The van der Waals surface area contributed by atoms with Crippen molar-refractivity contribution in [3.05, 3.63) is 0 Å². The van der Waals surface area contributed by atoms with Crippen LogP contribution in [0.2, 0.25) is 0 Å². The molecule has 9 heavy (non-hydrogen) atoms. The minimum atomic E-state index is -3.37. The summed E-state index contributed by atoms with van der Waals surface area (Å²) in [6, 6.07) is 0. The zero-order valence-electron chi connectivity index (χ0n) is 4.43. The molecule has 0 aromatic rings. The molecule has 0 amide bonds. The van der Waals surface area contributed by atoms with Gasteiger partial charge >= 0.3 is 39.6 Å². The van der Waals surface area contributed by atoms with Crippen molar-refractivity contribution in [1.82, 2.24) is 0 Å². The first kappa shape index (κ1) is 38.4. The van der Waals surface area contributed by atoms with Crippen molar-refractivity contribution in [3.63, 3.8) is 0 Å². The van der Waals surface area contributed by atoms with Gasteiger partial charge in [0.05, 0.1) is 0 Å². The molecule has 6 radical (unpaired) electrons. The van der Waals surface area contributed by atoms with Gasteiger partial charge in [-0.15, -0.1) is 0 Å². The van der Waals surface area contributed by atoms with Crippen LogP contribution in [0, 0.1) is 0 Å². The molecule has 0 saturated heterocycles. The van der Waals surface area contributed by atoms with E-state index >= 15 is 0 Å². The van der Waals surface area contributed by atoms with Crippen LogP contribution in [0.1, 0.15) is 0 Å². The SMILES string of the molecule is [As-3].[Ga+3].[Ga+3].[In].[In].[O-]P([O-])[O-].